The minimum absolute atomic E-state index is 0. The third-order valence-corrected chi connectivity index (χ3v) is 0. The molecule has 0 radical (unpaired) electrons. The van der Waals surface area contributed by atoms with Crippen LogP contribution in [0.1, 0.15) is 36.1 Å². The second-order valence-corrected chi connectivity index (χ2v) is 11.9. The van der Waals surface area contributed by atoms with Gasteiger partial charge in [-0.05, 0) is 0 Å². The molecule has 0 aliphatic heterocycles. The first-order chi connectivity index (χ1) is 2.41. The number of hydrogen-bond acceptors (Lipinski definition) is 0. The molecule has 0 N–H and O–H groups in total. The van der Waals surface area contributed by atoms with E-state index in [2.05, 4.69) is 40.0 Å². The van der Waals surface area contributed by atoms with Gasteiger partial charge in [-0.1, -0.05) is 36.1 Å². The van der Waals surface area contributed by atoms with Gasteiger partial charge in [0.2, 0.25) is 0 Å². The van der Waals surface area contributed by atoms with Crippen molar-refractivity contribution in [1.82, 2.24) is 0 Å². The van der Waals surface area contributed by atoms with Gasteiger partial charge in [0.1, 0.15) is 0 Å². The zero-order chi connectivity index (χ0) is 4.71. The second kappa shape index (κ2) is 72.3. The molecule has 9 heavy (non-hydrogen) atoms. The predicted molar refractivity (Wildman–Crippen MR) is 75.0 cm³/mol. The zero-order valence-corrected chi connectivity index (χ0v) is 11.7. The molecule has 0 atom stereocenters. The summed E-state index contributed by atoms with van der Waals surface area (Å²) in [5.74, 6) is 0. The van der Waals surface area contributed by atoms with Crippen LogP contribution < -0.4 is 0 Å². The van der Waals surface area contributed by atoms with E-state index in [-0.39, 0.29) is 46.3 Å². The summed E-state index contributed by atoms with van der Waals surface area (Å²) in [4.78, 5) is 0. The van der Waals surface area contributed by atoms with E-state index in [4.69, 9.17) is 0 Å². The van der Waals surface area contributed by atoms with E-state index in [1.165, 1.54) is 0 Å². The molecular formula is C5H19I3V. The Hall–Kier alpha value is 2.77. The van der Waals surface area contributed by atoms with Gasteiger partial charge in [-0.3, -0.25) is 0 Å². The number of hydrogen-bond donors (Lipinski definition) is 0. The van der Waals surface area contributed by atoms with E-state index in [0.29, 0.717) is 9.47 Å². The fraction of sp³-hybridized carbons (Fsp3) is 1.00. The van der Waals surface area contributed by atoms with Crippen LogP contribution in [0.5, 0.6) is 0 Å². The Morgan fingerprint density at radius 1 is 0.889 bits per heavy atom. The summed E-state index contributed by atoms with van der Waals surface area (Å²) < 4.78 is 0. The summed E-state index contributed by atoms with van der Waals surface area (Å²) in [6.45, 7) is 4.00. The van der Waals surface area contributed by atoms with Gasteiger partial charge in [0, 0.05) is 0 Å². The van der Waals surface area contributed by atoms with Crippen molar-refractivity contribution in [1.29, 1.82) is 0 Å². The predicted octanol–water partition coefficient (Wildman–Crippen LogP) is 5.32. The van der Waals surface area contributed by atoms with Crippen molar-refractivity contribution < 1.29 is 9.47 Å². The van der Waals surface area contributed by atoms with Gasteiger partial charge in [0.05, 0.1) is 0 Å². The van der Waals surface area contributed by atoms with Crippen molar-refractivity contribution in [2.45, 2.75) is 36.1 Å². The molecule has 0 aromatic rings. The molecule has 0 rings (SSSR count). The third-order valence-electron chi connectivity index (χ3n) is 0. The SMILES string of the molecule is C.C.C.CC.I.[I][V][I]. The van der Waals surface area contributed by atoms with Crippen LogP contribution in [0.4, 0.5) is 0 Å². The van der Waals surface area contributed by atoms with Crippen LogP contribution in [0.2, 0.25) is 0 Å². The standard InChI is InChI=1S/C2H6.3CH4.3HI.V/c1-2;;;;;;;/h1-2H3;3*1H4;3*1H;/q;;;;;;;+2/p-2. The molecule has 0 fully saturated rings. The Morgan fingerprint density at radius 3 is 0.889 bits per heavy atom. The molecule has 0 saturated heterocycles. The van der Waals surface area contributed by atoms with E-state index in [9.17, 15) is 0 Å². The maximum atomic E-state index is 2.37. The molecule has 0 spiro atoms. The Balaban J connectivity index is -0.00000000357. The number of halogens is 3. The van der Waals surface area contributed by atoms with Gasteiger partial charge in [0.15, 0.2) is 0 Å². The molecule has 4 heteroatoms. The van der Waals surface area contributed by atoms with Crippen LogP contribution in [0.15, 0.2) is 0 Å². The van der Waals surface area contributed by atoms with Crippen LogP contribution in [0.25, 0.3) is 0 Å². The Kier molecular flexibility index (Phi) is 329. The molecule has 0 heterocycles. The molecule has 0 aromatic heterocycles. The monoisotopic (exact) mass is 511 g/mol. The maximum absolute atomic E-state index is 2.37. The van der Waals surface area contributed by atoms with E-state index < -0.39 is 0 Å². The van der Waals surface area contributed by atoms with Gasteiger partial charge in [-0.2, -0.15) is 0 Å². The van der Waals surface area contributed by atoms with Crippen molar-refractivity contribution >= 4 is 63.9 Å². The summed E-state index contributed by atoms with van der Waals surface area (Å²) in [6, 6.07) is 0. The van der Waals surface area contributed by atoms with Crippen molar-refractivity contribution in [3.05, 3.63) is 0 Å². The van der Waals surface area contributed by atoms with Gasteiger partial charge in [-0.25, -0.2) is 0 Å². The average Bonchev–Trinajstić information content (AvgIpc) is 1.46. The molecular weight excluding hydrogens is 492 g/mol. The van der Waals surface area contributed by atoms with Gasteiger partial charge in [-0.15, -0.1) is 24.0 Å². The molecule has 0 saturated carbocycles. The van der Waals surface area contributed by atoms with E-state index >= 15 is 0 Å². The van der Waals surface area contributed by atoms with Gasteiger partial charge < -0.3 is 0 Å². The summed E-state index contributed by atoms with van der Waals surface area (Å²) in [5, 5.41) is 0. The summed E-state index contributed by atoms with van der Waals surface area (Å²) in [6.07, 6.45) is 0. The number of rotatable bonds is 0. The van der Waals surface area contributed by atoms with Crippen LogP contribution in [0, 0.1) is 0 Å². The zero-order valence-electron chi connectivity index (χ0n) is 3.61. The summed E-state index contributed by atoms with van der Waals surface area (Å²) in [5.41, 5.74) is 0. The van der Waals surface area contributed by atoms with Crippen molar-refractivity contribution in [2.24, 2.45) is 0 Å². The molecule has 0 unspecified atom stereocenters. The van der Waals surface area contributed by atoms with Crippen LogP contribution >= 0.6 is 63.9 Å². The summed E-state index contributed by atoms with van der Waals surface area (Å²) in [7, 11) is 0.628. The average molecular weight is 511 g/mol. The third kappa shape index (κ3) is 108. The molecule has 0 amide bonds. The normalized spacial score (nSPS) is 2.22. The fourth-order valence-electron chi connectivity index (χ4n) is 0. The Labute approximate surface area is 108 Å². The Bertz CT molecular complexity index is 12.2. The molecule has 0 aromatic carbocycles. The molecule has 0 nitrogen and oxygen atoms in total. The molecule has 0 aliphatic rings. The van der Waals surface area contributed by atoms with Gasteiger partial charge in [0.25, 0.3) is 0 Å². The molecule has 0 bridgehead atoms. The fourth-order valence-corrected chi connectivity index (χ4v) is 0. The van der Waals surface area contributed by atoms with Crippen molar-refractivity contribution in [3.63, 3.8) is 0 Å². The van der Waals surface area contributed by atoms with E-state index in [0.717, 1.165) is 0 Å². The topological polar surface area (TPSA) is 0 Å². The van der Waals surface area contributed by atoms with Gasteiger partial charge >= 0.3 is 49.4 Å². The molecule has 0 aliphatic carbocycles. The Morgan fingerprint density at radius 2 is 0.889 bits per heavy atom. The van der Waals surface area contributed by atoms with Crippen LogP contribution in [0.3, 0.4) is 0 Å². The van der Waals surface area contributed by atoms with Crippen molar-refractivity contribution in [3.8, 4) is 0 Å². The first kappa shape index (κ1) is 41.0. The van der Waals surface area contributed by atoms with Crippen LogP contribution in [-0.4, -0.2) is 0 Å². The first-order valence-corrected chi connectivity index (χ1v) is 10.4. The second-order valence-electron chi connectivity index (χ2n) is 0.0639. The van der Waals surface area contributed by atoms with E-state index in [1.54, 1.807) is 0 Å². The van der Waals surface area contributed by atoms with Crippen LogP contribution in [-0.2, 0) is 9.47 Å². The summed E-state index contributed by atoms with van der Waals surface area (Å²) >= 11 is 4.74. The minimum atomic E-state index is 0. The molecule has 65 valence electrons. The van der Waals surface area contributed by atoms with E-state index in [1.807, 2.05) is 13.8 Å². The van der Waals surface area contributed by atoms with Crippen molar-refractivity contribution in [2.75, 3.05) is 0 Å². The first-order valence-electron chi connectivity index (χ1n) is 1.34. The quantitative estimate of drug-likeness (QED) is 0.387.